The third-order valence-corrected chi connectivity index (χ3v) is 2.21. The van der Waals surface area contributed by atoms with Crippen molar-refractivity contribution in [3.05, 3.63) is 11.1 Å². The topological polar surface area (TPSA) is 52.6 Å². The van der Waals surface area contributed by atoms with Crippen LogP contribution < -0.4 is 5.32 Å². The van der Waals surface area contributed by atoms with Crippen LogP contribution in [-0.2, 0) is 0 Å². The number of nitrogens with one attached hydrogen (secondary N) is 1. The van der Waals surface area contributed by atoms with Crippen LogP contribution in [-0.4, -0.2) is 42.3 Å². The molecule has 60 valence electrons. The first-order valence-electron chi connectivity index (χ1n) is 3.66. The van der Waals surface area contributed by atoms with Gasteiger partial charge in [0.15, 0.2) is 0 Å². The molecule has 0 aliphatic carbocycles. The number of carbonyl (C=O) groups is 1. The zero-order valence-electron chi connectivity index (χ0n) is 6.13. The molecule has 0 aromatic carbocycles. The first-order chi connectivity index (χ1) is 5.27. The lowest BCUT2D eigenvalue weighted by Crippen LogP contribution is -2.31. The molecule has 2 aliphatic rings. The van der Waals surface area contributed by atoms with Crippen molar-refractivity contribution in [2.75, 3.05) is 26.2 Å². The highest BCUT2D eigenvalue weighted by molar-refractivity contribution is 5.67. The van der Waals surface area contributed by atoms with Crippen molar-refractivity contribution in [1.82, 2.24) is 10.2 Å². The number of amides is 1. The largest absolute Gasteiger partial charge is 0.465 e. The van der Waals surface area contributed by atoms with Crippen LogP contribution in [0.25, 0.3) is 0 Å². The summed E-state index contributed by atoms with van der Waals surface area (Å²) in [6.45, 7) is 2.97. The van der Waals surface area contributed by atoms with Crippen molar-refractivity contribution < 1.29 is 9.90 Å². The van der Waals surface area contributed by atoms with Gasteiger partial charge in [-0.05, 0) is 11.1 Å². The van der Waals surface area contributed by atoms with Gasteiger partial charge in [0, 0.05) is 26.2 Å². The molecule has 4 nitrogen and oxygen atoms in total. The van der Waals surface area contributed by atoms with Crippen LogP contribution in [0.4, 0.5) is 4.79 Å². The summed E-state index contributed by atoms with van der Waals surface area (Å²) >= 11 is 0. The van der Waals surface area contributed by atoms with E-state index in [1.165, 1.54) is 16.0 Å². The minimum atomic E-state index is -0.806. The summed E-state index contributed by atoms with van der Waals surface area (Å²) in [5.74, 6) is 0. The zero-order valence-corrected chi connectivity index (χ0v) is 6.13. The summed E-state index contributed by atoms with van der Waals surface area (Å²) < 4.78 is 0. The van der Waals surface area contributed by atoms with Gasteiger partial charge < -0.3 is 15.3 Å². The molecule has 0 fully saturated rings. The number of carboxylic acid groups (broad SMARTS) is 1. The van der Waals surface area contributed by atoms with Gasteiger partial charge in [-0.25, -0.2) is 4.79 Å². The summed E-state index contributed by atoms with van der Waals surface area (Å²) in [7, 11) is 0. The fraction of sp³-hybridized carbons (Fsp3) is 0.571. The second kappa shape index (κ2) is 2.23. The lowest BCUT2D eigenvalue weighted by Gasteiger charge is -2.13. The predicted molar refractivity (Wildman–Crippen MR) is 39.5 cm³/mol. The summed E-state index contributed by atoms with van der Waals surface area (Å²) in [6.07, 6.45) is -0.806. The Bertz CT molecular complexity index is 219. The van der Waals surface area contributed by atoms with E-state index in [4.69, 9.17) is 5.11 Å². The molecule has 0 radical (unpaired) electrons. The monoisotopic (exact) mass is 154 g/mol. The van der Waals surface area contributed by atoms with Gasteiger partial charge in [0.05, 0.1) is 0 Å². The first kappa shape index (κ1) is 6.67. The molecule has 0 bridgehead atoms. The summed E-state index contributed by atoms with van der Waals surface area (Å²) in [4.78, 5) is 12.0. The third-order valence-electron chi connectivity index (χ3n) is 2.21. The summed E-state index contributed by atoms with van der Waals surface area (Å²) in [5, 5.41) is 11.8. The molecular formula is C7H10N2O2. The minimum Gasteiger partial charge on any atom is -0.465 e. The molecule has 0 saturated carbocycles. The molecule has 0 aromatic rings. The molecule has 0 atom stereocenters. The van der Waals surface area contributed by atoms with Gasteiger partial charge in [0.1, 0.15) is 0 Å². The Hall–Kier alpha value is -1.03. The van der Waals surface area contributed by atoms with Crippen LogP contribution in [0.2, 0.25) is 0 Å². The van der Waals surface area contributed by atoms with Crippen molar-refractivity contribution in [3.63, 3.8) is 0 Å². The minimum absolute atomic E-state index is 0.609. The maximum atomic E-state index is 10.5. The highest BCUT2D eigenvalue weighted by Crippen LogP contribution is 2.19. The van der Waals surface area contributed by atoms with Gasteiger partial charge in [-0.2, -0.15) is 0 Å². The maximum absolute atomic E-state index is 10.5. The Morgan fingerprint density at radius 1 is 1.36 bits per heavy atom. The molecule has 1 amide bonds. The fourth-order valence-electron chi connectivity index (χ4n) is 1.60. The zero-order chi connectivity index (χ0) is 7.84. The van der Waals surface area contributed by atoms with Gasteiger partial charge in [-0.3, -0.25) is 0 Å². The van der Waals surface area contributed by atoms with Gasteiger partial charge in [0.2, 0.25) is 0 Å². The van der Waals surface area contributed by atoms with E-state index in [0.29, 0.717) is 13.1 Å². The van der Waals surface area contributed by atoms with Crippen LogP contribution in [0, 0.1) is 0 Å². The SMILES string of the molecule is O=C(O)N1CC2=C(CNC2)C1. The van der Waals surface area contributed by atoms with E-state index in [1.807, 2.05) is 0 Å². The molecule has 2 heterocycles. The van der Waals surface area contributed by atoms with E-state index in [0.717, 1.165) is 13.1 Å². The van der Waals surface area contributed by atoms with Gasteiger partial charge >= 0.3 is 6.09 Å². The van der Waals surface area contributed by atoms with Crippen LogP contribution in [0.1, 0.15) is 0 Å². The number of nitrogens with zero attached hydrogens (tertiary/aromatic N) is 1. The van der Waals surface area contributed by atoms with E-state index < -0.39 is 6.09 Å². The Kier molecular flexibility index (Phi) is 1.35. The van der Waals surface area contributed by atoms with E-state index in [2.05, 4.69) is 5.32 Å². The molecule has 0 saturated heterocycles. The molecule has 2 rings (SSSR count). The molecule has 2 N–H and O–H groups in total. The normalized spacial score (nSPS) is 22.7. The summed E-state index contributed by atoms with van der Waals surface area (Å²) in [5.41, 5.74) is 2.54. The Balaban J connectivity index is 2.06. The molecule has 0 unspecified atom stereocenters. The number of rotatable bonds is 0. The van der Waals surface area contributed by atoms with Crippen LogP contribution in [0.15, 0.2) is 11.1 Å². The van der Waals surface area contributed by atoms with Crippen molar-refractivity contribution in [2.24, 2.45) is 0 Å². The molecule has 0 spiro atoms. The van der Waals surface area contributed by atoms with Crippen LogP contribution in [0.5, 0.6) is 0 Å². The fourth-order valence-corrected chi connectivity index (χ4v) is 1.60. The molecule has 2 aliphatic heterocycles. The van der Waals surface area contributed by atoms with Crippen LogP contribution >= 0.6 is 0 Å². The quantitative estimate of drug-likeness (QED) is 0.478. The van der Waals surface area contributed by atoms with Crippen molar-refractivity contribution in [2.45, 2.75) is 0 Å². The van der Waals surface area contributed by atoms with Gasteiger partial charge in [-0.1, -0.05) is 0 Å². The van der Waals surface area contributed by atoms with E-state index in [1.54, 1.807) is 0 Å². The van der Waals surface area contributed by atoms with Gasteiger partial charge in [0.25, 0.3) is 0 Å². The second-order valence-corrected chi connectivity index (χ2v) is 2.95. The maximum Gasteiger partial charge on any atom is 0.407 e. The van der Waals surface area contributed by atoms with Crippen molar-refractivity contribution in [1.29, 1.82) is 0 Å². The summed E-state index contributed by atoms with van der Waals surface area (Å²) in [6, 6.07) is 0. The highest BCUT2D eigenvalue weighted by atomic mass is 16.4. The lowest BCUT2D eigenvalue weighted by molar-refractivity contribution is 0.156. The average molecular weight is 154 g/mol. The van der Waals surface area contributed by atoms with Crippen molar-refractivity contribution in [3.8, 4) is 0 Å². The van der Waals surface area contributed by atoms with E-state index in [-0.39, 0.29) is 0 Å². The standard InChI is InChI=1S/C7H10N2O2/c10-7(11)9-3-5-1-8-2-6(5)4-9/h8H,1-4H2,(H,10,11). The average Bonchev–Trinajstić information content (AvgIpc) is 2.40. The lowest BCUT2D eigenvalue weighted by atomic mass is 10.2. The third kappa shape index (κ3) is 0.991. The predicted octanol–water partition coefficient (Wildman–Crippen LogP) is -0.120. The Labute approximate surface area is 64.5 Å². The molecular weight excluding hydrogens is 144 g/mol. The van der Waals surface area contributed by atoms with Gasteiger partial charge in [-0.15, -0.1) is 0 Å². The van der Waals surface area contributed by atoms with Crippen molar-refractivity contribution >= 4 is 6.09 Å². The second-order valence-electron chi connectivity index (χ2n) is 2.95. The number of hydrogen-bond acceptors (Lipinski definition) is 2. The highest BCUT2D eigenvalue weighted by Gasteiger charge is 2.27. The molecule has 4 heteroatoms. The smallest absolute Gasteiger partial charge is 0.407 e. The first-order valence-corrected chi connectivity index (χ1v) is 3.66. The van der Waals surface area contributed by atoms with Crippen LogP contribution in [0.3, 0.4) is 0 Å². The van der Waals surface area contributed by atoms with E-state index in [9.17, 15) is 4.79 Å². The van der Waals surface area contributed by atoms with E-state index >= 15 is 0 Å². The number of hydrogen-bond donors (Lipinski definition) is 2. The molecule has 0 aromatic heterocycles. The Morgan fingerprint density at radius 2 is 1.91 bits per heavy atom. The Morgan fingerprint density at radius 3 is 2.36 bits per heavy atom. The molecule has 11 heavy (non-hydrogen) atoms.